The molecule has 0 radical (unpaired) electrons. The number of ether oxygens (including phenoxy) is 4. The molecule has 7 heteroatoms. The van der Waals surface area contributed by atoms with Gasteiger partial charge in [-0.2, -0.15) is 0 Å². The summed E-state index contributed by atoms with van der Waals surface area (Å²) in [5.74, 6) is 2.48. The Bertz CT molecular complexity index is 781. The van der Waals surface area contributed by atoms with Gasteiger partial charge < -0.3 is 20.4 Å². The van der Waals surface area contributed by atoms with Crippen LogP contribution >= 0.6 is 8.58 Å². The smallest absolute Gasteiger partial charge is 1.00 e. The van der Waals surface area contributed by atoms with Crippen LogP contribution in [0.25, 0.3) is 0 Å². The Morgan fingerprint density at radius 2 is 1.50 bits per heavy atom. The molecule has 0 fully saturated rings. The van der Waals surface area contributed by atoms with Crippen LogP contribution in [0.3, 0.4) is 0 Å². The van der Waals surface area contributed by atoms with Crippen LogP contribution in [-0.4, -0.2) is 33.0 Å². The van der Waals surface area contributed by atoms with Crippen molar-refractivity contribution in [3.63, 3.8) is 0 Å². The Hall–Kier alpha value is -1.66. The minimum atomic E-state index is -0.115. The average molecular weight is 426 g/mol. The molecular weight excluding hydrogens is 394 g/mol. The topological polar surface area (TPSA) is 54.0 Å². The Morgan fingerprint density at radius 3 is 2.07 bits per heavy atom. The van der Waals surface area contributed by atoms with E-state index in [1.807, 2.05) is 18.2 Å². The standard InChI is InChI=1S/C23H31O5P.Li.H/c1-5-7-14-27-17-12-13-21(20(16-17)28-15-8-6-2)29-23(24)22-18(25-3)10-9-11-19(22)26-4;;/h9-13,16,29H,5-8,14-15H2,1-4H3;;/q;+1;-1. The van der Waals surface area contributed by atoms with Crippen LogP contribution in [-0.2, 0) is 0 Å². The SMILES string of the molecule is CCCCOc1ccc(PC(=O)c2c(OC)cccc2OC)c(OCCCC)c1.[H-].[Li+]. The van der Waals surface area contributed by atoms with Crippen molar-refractivity contribution in [2.45, 2.75) is 39.5 Å². The van der Waals surface area contributed by atoms with Crippen molar-refractivity contribution < 1.29 is 44.0 Å². The number of carbonyl (C=O) groups excluding carboxylic acids is 1. The van der Waals surface area contributed by atoms with Crippen molar-refractivity contribution >= 4 is 19.4 Å². The molecule has 0 aromatic heterocycles. The zero-order chi connectivity index (χ0) is 21.1. The molecule has 2 aromatic rings. The van der Waals surface area contributed by atoms with Gasteiger partial charge in [-0.3, -0.25) is 4.79 Å². The predicted octanol–water partition coefficient (Wildman–Crippen LogP) is 2.32. The molecule has 2 rings (SSSR count). The minimum absolute atomic E-state index is 0. The number of hydrogen-bond acceptors (Lipinski definition) is 5. The van der Waals surface area contributed by atoms with E-state index in [0.29, 0.717) is 36.0 Å². The third-order valence-electron chi connectivity index (χ3n) is 4.38. The van der Waals surface area contributed by atoms with Crippen molar-refractivity contribution in [2.75, 3.05) is 27.4 Å². The van der Waals surface area contributed by atoms with E-state index in [9.17, 15) is 4.79 Å². The largest absolute Gasteiger partial charge is 1.00 e. The van der Waals surface area contributed by atoms with E-state index >= 15 is 0 Å². The van der Waals surface area contributed by atoms with Gasteiger partial charge >= 0.3 is 18.9 Å². The van der Waals surface area contributed by atoms with Crippen LogP contribution in [0.2, 0.25) is 0 Å². The number of unbranched alkanes of at least 4 members (excludes halogenated alkanes) is 2. The third-order valence-corrected chi connectivity index (χ3v) is 5.54. The first kappa shape index (κ1) is 26.4. The first-order valence-electron chi connectivity index (χ1n) is 10.1. The molecule has 0 aliphatic rings. The second-order valence-corrected chi connectivity index (χ2v) is 7.80. The molecular formula is C23H32LiO5P. The van der Waals surface area contributed by atoms with E-state index in [-0.39, 0.29) is 34.4 Å². The first-order valence-corrected chi connectivity index (χ1v) is 11.1. The molecule has 1 unspecified atom stereocenters. The van der Waals surface area contributed by atoms with Gasteiger partial charge in [0.2, 0.25) is 0 Å². The van der Waals surface area contributed by atoms with E-state index in [1.54, 1.807) is 32.4 Å². The van der Waals surface area contributed by atoms with Crippen LogP contribution in [0.5, 0.6) is 23.0 Å². The number of rotatable bonds is 13. The van der Waals surface area contributed by atoms with Crippen molar-refractivity contribution in [3.8, 4) is 23.0 Å². The van der Waals surface area contributed by atoms with Crippen LogP contribution in [0.1, 0.15) is 51.3 Å². The van der Waals surface area contributed by atoms with Crippen molar-refractivity contribution in [1.82, 2.24) is 0 Å². The molecule has 5 nitrogen and oxygen atoms in total. The van der Waals surface area contributed by atoms with Gasteiger partial charge in [0.05, 0.1) is 27.4 Å². The van der Waals surface area contributed by atoms with Gasteiger partial charge in [-0.15, -0.1) is 0 Å². The summed E-state index contributed by atoms with van der Waals surface area (Å²) in [5.41, 5.74) is 0.401. The Labute approximate surface area is 195 Å². The van der Waals surface area contributed by atoms with E-state index < -0.39 is 0 Å². The first-order chi connectivity index (χ1) is 14.1. The van der Waals surface area contributed by atoms with Gasteiger partial charge in [-0.25, -0.2) is 0 Å². The molecule has 0 aliphatic carbocycles. The second kappa shape index (κ2) is 14.4. The summed E-state index contributed by atoms with van der Waals surface area (Å²) in [5, 5.41) is 0.849. The van der Waals surface area contributed by atoms with E-state index in [4.69, 9.17) is 18.9 Å². The molecule has 0 spiro atoms. The molecule has 0 aliphatic heterocycles. The summed E-state index contributed by atoms with van der Waals surface area (Å²) in [6.07, 6.45) is 4.08. The molecule has 0 N–H and O–H groups in total. The van der Waals surface area contributed by atoms with Gasteiger partial charge in [-0.05, 0) is 45.7 Å². The maximum Gasteiger partial charge on any atom is 1.00 e. The number of carbonyl (C=O) groups is 1. The molecule has 2 aromatic carbocycles. The maximum atomic E-state index is 13.1. The zero-order valence-corrected chi connectivity index (χ0v) is 19.7. The van der Waals surface area contributed by atoms with Crippen molar-refractivity contribution in [3.05, 3.63) is 42.0 Å². The quantitative estimate of drug-likeness (QED) is 0.280. The summed E-state index contributed by atoms with van der Waals surface area (Å²) >= 11 is 0. The Kier molecular flexibility index (Phi) is 12.6. The molecule has 0 saturated heterocycles. The summed E-state index contributed by atoms with van der Waals surface area (Å²) in [6.45, 7) is 5.53. The van der Waals surface area contributed by atoms with Gasteiger partial charge in [0, 0.05) is 11.4 Å². The summed E-state index contributed by atoms with van der Waals surface area (Å²) in [6, 6.07) is 11.0. The molecule has 0 bridgehead atoms. The van der Waals surface area contributed by atoms with Crippen molar-refractivity contribution in [1.29, 1.82) is 0 Å². The van der Waals surface area contributed by atoms with E-state index in [0.717, 1.165) is 36.7 Å². The van der Waals surface area contributed by atoms with Gasteiger partial charge in [0.15, 0.2) is 5.52 Å². The predicted molar refractivity (Wildman–Crippen MR) is 120 cm³/mol. The Morgan fingerprint density at radius 1 is 0.900 bits per heavy atom. The Balaban J connectivity index is 0.00000450. The monoisotopic (exact) mass is 426 g/mol. The van der Waals surface area contributed by atoms with Crippen LogP contribution in [0.15, 0.2) is 36.4 Å². The van der Waals surface area contributed by atoms with Crippen molar-refractivity contribution in [2.24, 2.45) is 0 Å². The van der Waals surface area contributed by atoms with Crippen LogP contribution in [0, 0.1) is 0 Å². The van der Waals surface area contributed by atoms with E-state index in [2.05, 4.69) is 13.8 Å². The molecule has 30 heavy (non-hydrogen) atoms. The minimum Gasteiger partial charge on any atom is -1.00 e. The summed E-state index contributed by atoms with van der Waals surface area (Å²) in [7, 11) is 2.99. The summed E-state index contributed by atoms with van der Waals surface area (Å²) in [4.78, 5) is 13.1. The fourth-order valence-electron chi connectivity index (χ4n) is 2.74. The average Bonchev–Trinajstić information content (AvgIpc) is 2.74. The maximum absolute atomic E-state index is 13.1. The fourth-order valence-corrected chi connectivity index (χ4v) is 3.79. The van der Waals surface area contributed by atoms with Gasteiger partial charge in [-0.1, -0.05) is 32.8 Å². The normalized spacial score (nSPS) is 10.5. The molecule has 0 saturated carbocycles. The number of hydrogen-bond donors (Lipinski definition) is 0. The zero-order valence-electron chi connectivity index (χ0n) is 19.7. The van der Waals surface area contributed by atoms with Gasteiger partial charge in [0.1, 0.15) is 28.6 Å². The van der Waals surface area contributed by atoms with Crippen LogP contribution in [0.4, 0.5) is 0 Å². The molecule has 0 amide bonds. The van der Waals surface area contributed by atoms with E-state index in [1.165, 1.54) is 0 Å². The molecule has 0 heterocycles. The molecule has 1 atom stereocenters. The third kappa shape index (κ3) is 7.55. The number of methoxy groups -OCH3 is 2. The summed E-state index contributed by atoms with van der Waals surface area (Å²) < 4.78 is 22.6. The van der Waals surface area contributed by atoms with Crippen LogP contribution < -0.4 is 43.1 Å². The fraction of sp³-hybridized carbons (Fsp3) is 0.435. The second-order valence-electron chi connectivity index (χ2n) is 6.55. The molecule has 160 valence electrons. The number of benzene rings is 2. The van der Waals surface area contributed by atoms with Gasteiger partial charge in [0.25, 0.3) is 0 Å².